The van der Waals surface area contributed by atoms with Gasteiger partial charge in [-0.1, -0.05) is 0 Å². The molecule has 2 aliphatic heterocycles. The van der Waals surface area contributed by atoms with Crippen LogP contribution in [0.25, 0.3) is 0 Å². The van der Waals surface area contributed by atoms with Crippen LogP contribution in [0.5, 0.6) is 11.5 Å². The highest BCUT2D eigenvalue weighted by Gasteiger charge is 2.25. The molecule has 0 saturated carbocycles. The summed E-state index contributed by atoms with van der Waals surface area (Å²) in [7, 11) is 0. The molecule has 4 heteroatoms. The lowest BCUT2D eigenvalue weighted by Crippen LogP contribution is -2.39. The van der Waals surface area contributed by atoms with Crippen LogP contribution in [-0.4, -0.2) is 38.4 Å². The zero-order valence-electron chi connectivity index (χ0n) is 13.3. The predicted molar refractivity (Wildman–Crippen MR) is 85.5 cm³/mol. The first-order chi connectivity index (χ1) is 10.0. The minimum absolute atomic E-state index is 0.199. The van der Waals surface area contributed by atoms with E-state index in [9.17, 15) is 0 Å². The monoisotopic (exact) mass is 290 g/mol. The second-order valence-electron chi connectivity index (χ2n) is 7.06. The van der Waals surface area contributed by atoms with Crippen molar-refractivity contribution >= 4 is 5.69 Å². The first-order valence-electron chi connectivity index (χ1n) is 7.91. The first kappa shape index (κ1) is 14.5. The lowest BCUT2D eigenvalue weighted by molar-refractivity contribution is 0.171. The number of ether oxygens (including phenoxy) is 2. The van der Waals surface area contributed by atoms with Gasteiger partial charge in [0.25, 0.3) is 0 Å². The topological polar surface area (TPSA) is 33.7 Å². The standard InChI is InChI=1S/C17H26N2O2/c1-17(2,3)18-11-13-6-7-19(12-13)14-4-5-15-16(10-14)21-9-8-20-15/h4-5,10,13,18H,6-9,11-12H2,1-3H3. The van der Waals surface area contributed by atoms with Crippen LogP contribution in [0, 0.1) is 5.92 Å². The summed E-state index contributed by atoms with van der Waals surface area (Å²) >= 11 is 0. The van der Waals surface area contributed by atoms with E-state index in [4.69, 9.17) is 9.47 Å². The van der Waals surface area contributed by atoms with Crippen LogP contribution in [0.2, 0.25) is 0 Å². The highest BCUT2D eigenvalue weighted by atomic mass is 16.6. The Bertz CT molecular complexity index is 496. The van der Waals surface area contributed by atoms with Crippen LogP contribution < -0.4 is 19.7 Å². The summed E-state index contributed by atoms with van der Waals surface area (Å²) in [5, 5.41) is 3.61. The zero-order valence-corrected chi connectivity index (χ0v) is 13.3. The summed E-state index contributed by atoms with van der Waals surface area (Å²) in [5.41, 5.74) is 1.45. The molecule has 1 aromatic rings. The van der Waals surface area contributed by atoms with Crippen molar-refractivity contribution < 1.29 is 9.47 Å². The van der Waals surface area contributed by atoms with Crippen LogP contribution in [0.3, 0.4) is 0 Å². The molecule has 1 unspecified atom stereocenters. The summed E-state index contributed by atoms with van der Waals surface area (Å²) in [6, 6.07) is 6.30. The van der Waals surface area contributed by atoms with Crippen LogP contribution in [0.1, 0.15) is 27.2 Å². The Morgan fingerprint density at radius 1 is 1.19 bits per heavy atom. The Hall–Kier alpha value is -1.42. The van der Waals surface area contributed by atoms with Gasteiger partial charge >= 0.3 is 0 Å². The van der Waals surface area contributed by atoms with E-state index in [1.54, 1.807) is 0 Å². The van der Waals surface area contributed by atoms with Crippen LogP contribution >= 0.6 is 0 Å². The summed E-state index contributed by atoms with van der Waals surface area (Å²) in [6.45, 7) is 11.3. The summed E-state index contributed by atoms with van der Waals surface area (Å²) in [5.74, 6) is 2.47. The van der Waals surface area contributed by atoms with Gasteiger partial charge in [-0.25, -0.2) is 0 Å². The Morgan fingerprint density at radius 3 is 2.71 bits per heavy atom. The fourth-order valence-electron chi connectivity index (χ4n) is 2.91. The van der Waals surface area contributed by atoms with Crippen molar-refractivity contribution in [2.24, 2.45) is 5.92 Å². The van der Waals surface area contributed by atoms with Crippen LogP contribution in [0.4, 0.5) is 5.69 Å². The van der Waals surface area contributed by atoms with Crippen molar-refractivity contribution in [3.8, 4) is 11.5 Å². The molecule has 1 N–H and O–H groups in total. The summed E-state index contributed by atoms with van der Waals surface area (Å²) in [4.78, 5) is 2.45. The number of rotatable bonds is 3. The lowest BCUT2D eigenvalue weighted by Gasteiger charge is -2.25. The third kappa shape index (κ3) is 3.62. The maximum absolute atomic E-state index is 5.68. The number of fused-ring (bicyclic) bond motifs is 1. The van der Waals surface area contributed by atoms with Crippen molar-refractivity contribution in [1.82, 2.24) is 5.32 Å². The van der Waals surface area contributed by atoms with E-state index in [-0.39, 0.29) is 5.54 Å². The van der Waals surface area contributed by atoms with Crippen molar-refractivity contribution in [3.05, 3.63) is 18.2 Å². The van der Waals surface area contributed by atoms with E-state index >= 15 is 0 Å². The molecule has 2 aliphatic rings. The molecule has 1 saturated heterocycles. The molecule has 1 aromatic carbocycles. The second-order valence-corrected chi connectivity index (χ2v) is 7.06. The molecule has 0 aliphatic carbocycles. The smallest absolute Gasteiger partial charge is 0.163 e. The number of hydrogen-bond acceptors (Lipinski definition) is 4. The van der Waals surface area contributed by atoms with Gasteiger partial charge in [0.2, 0.25) is 0 Å². The quantitative estimate of drug-likeness (QED) is 0.928. The molecule has 0 aromatic heterocycles. The van der Waals surface area contributed by atoms with Gasteiger partial charge in [-0.2, -0.15) is 0 Å². The molecular weight excluding hydrogens is 264 g/mol. The van der Waals surface area contributed by atoms with Crippen molar-refractivity contribution in [3.63, 3.8) is 0 Å². The minimum atomic E-state index is 0.199. The SMILES string of the molecule is CC(C)(C)NCC1CCN(c2ccc3c(c2)OCCO3)C1. The molecular formula is C17H26N2O2. The van der Waals surface area contributed by atoms with E-state index in [2.05, 4.69) is 43.1 Å². The Labute approximate surface area is 127 Å². The molecule has 0 spiro atoms. The van der Waals surface area contributed by atoms with Crippen molar-refractivity contribution in [2.75, 3.05) is 37.7 Å². The van der Waals surface area contributed by atoms with Gasteiger partial charge in [0, 0.05) is 36.9 Å². The third-order valence-electron chi connectivity index (χ3n) is 4.10. The average Bonchev–Trinajstić information content (AvgIpc) is 2.93. The van der Waals surface area contributed by atoms with Crippen molar-refractivity contribution in [1.29, 1.82) is 0 Å². The van der Waals surface area contributed by atoms with Gasteiger partial charge < -0.3 is 19.7 Å². The summed E-state index contributed by atoms with van der Waals surface area (Å²) < 4.78 is 11.3. The van der Waals surface area contributed by atoms with Crippen LogP contribution in [0.15, 0.2) is 18.2 Å². The lowest BCUT2D eigenvalue weighted by atomic mass is 10.1. The highest BCUT2D eigenvalue weighted by molar-refractivity contribution is 5.57. The number of nitrogens with one attached hydrogen (secondary N) is 1. The van der Waals surface area contributed by atoms with E-state index in [0.29, 0.717) is 13.2 Å². The maximum atomic E-state index is 5.68. The largest absolute Gasteiger partial charge is 0.486 e. The molecule has 21 heavy (non-hydrogen) atoms. The fraction of sp³-hybridized carbons (Fsp3) is 0.647. The number of anilines is 1. The van der Waals surface area contributed by atoms with E-state index in [1.165, 1.54) is 12.1 Å². The number of hydrogen-bond donors (Lipinski definition) is 1. The second kappa shape index (κ2) is 5.76. The first-order valence-corrected chi connectivity index (χ1v) is 7.91. The van der Waals surface area contributed by atoms with Gasteiger partial charge in [-0.05, 0) is 45.2 Å². The fourth-order valence-corrected chi connectivity index (χ4v) is 2.91. The normalized spacial score (nSPS) is 21.7. The van der Waals surface area contributed by atoms with E-state index in [0.717, 1.165) is 37.1 Å². The Balaban J connectivity index is 1.61. The summed E-state index contributed by atoms with van der Waals surface area (Å²) in [6.07, 6.45) is 1.25. The van der Waals surface area contributed by atoms with Crippen molar-refractivity contribution in [2.45, 2.75) is 32.7 Å². The molecule has 1 atom stereocenters. The molecule has 4 nitrogen and oxygen atoms in total. The van der Waals surface area contributed by atoms with Crippen LogP contribution in [-0.2, 0) is 0 Å². The van der Waals surface area contributed by atoms with Gasteiger partial charge in [0.15, 0.2) is 11.5 Å². The molecule has 2 heterocycles. The molecule has 3 rings (SSSR count). The third-order valence-corrected chi connectivity index (χ3v) is 4.10. The number of nitrogens with zero attached hydrogens (tertiary/aromatic N) is 1. The average molecular weight is 290 g/mol. The molecule has 0 bridgehead atoms. The molecule has 1 fully saturated rings. The Morgan fingerprint density at radius 2 is 1.95 bits per heavy atom. The Kier molecular flexibility index (Phi) is 3.98. The van der Waals surface area contributed by atoms with Gasteiger partial charge in [-0.15, -0.1) is 0 Å². The minimum Gasteiger partial charge on any atom is -0.486 e. The molecule has 116 valence electrons. The molecule has 0 amide bonds. The predicted octanol–water partition coefficient (Wildman–Crippen LogP) is 2.67. The van der Waals surface area contributed by atoms with Gasteiger partial charge in [0.05, 0.1) is 0 Å². The van der Waals surface area contributed by atoms with Gasteiger partial charge in [0.1, 0.15) is 13.2 Å². The zero-order chi connectivity index (χ0) is 14.9. The van der Waals surface area contributed by atoms with E-state index in [1.807, 2.05) is 6.07 Å². The number of benzene rings is 1. The highest BCUT2D eigenvalue weighted by Crippen LogP contribution is 2.35. The maximum Gasteiger partial charge on any atom is 0.163 e. The van der Waals surface area contributed by atoms with E-state index < -0.39 is 0 Å². The van der Waals surface area contributed by atoms with Gasteiger partial charge in [-0.3, -0.25) is 0 Å². The molecule has 0 radical (unpaired) electrons.